The van der Waals surface area contributed by atoms with Crippen LogP contribution in [0.1, 0.15) is 10.4 Å². The molecule has 9 nitrogen and oxygen atoms in total. The Kier molecular flexibility index (Phi) is 6.55. The van der Waals surface area contributed by atoms with E-state index in [1.54, 1.807) is 10.2 Å². The van der Waals surface area contributed by atoms with Gasteiger partial charge in [-0.2, -0.15) is 13.2 Å². The van der Waals surface area contributed by atoms with Crippen molar-refractivity contribution in [3.8, 4) is 0 Å². The molecule has 0 aromatic heterocycles. The van der Waals surface area contributed by atoms with E-state index in [1.807, 2.05) is 0 Å². The number of rotatable bonds is 6. The molecule has 1 saturated heterocycles. The van der Waals surface area contributed by atoms with E-state index in [9.17, 15) is 32.9 Å². The van der Waals surface area contributed by atoms with Crippen LogP contribution in [0.15, 0.2) is 18.2 Å². The van der Waals surface area contributed by atoms with Gasteiger partial charge in [-0.05, 0) is 12.1 Å². The first-order valence-corrected chi connectivity index (χ1v) is 7.79. The fraction of sp³-hybridized carbons (Fsp3) is 0.467. The molecule has 0 bridgehead atoms. The molecule has 148 valence electrons. The Morgan fingerprint density at radius 3 is 2.56 bits per heavy atom. The summed E-state index contributed by atoms with van der Waals surface area (Å²) in [5, 5.41) is 12.9. The largest absolute Gasteiger partial charge is 0.452 e. The van der Waals surface area contributed by atoms with E-state index in [2.05, 4.69) is 4.74 Å². The lowest BCUT2D eigenvalue weighted by Crippen LogP contribution is -2.36. The fourth-order valence-electron chi connectivity index (χ4n) is 2.33. The fourth-order valence-corrected chi connectivity index (χ4v) is 2.33. The highest BCUT2D eigenvalue weighted by Gasteiger charge is 2.28. The minimum Gasteiger partial charge on any atom is -0.452 e. The Bertz CT molecular complexity index is 719. The first-order valence-electron chi connectivity index (χ1n) is 7.79. The van der Waals surface area contributed by atoms with Gasteiger partial charge in [-0.1, -0.05) is 0 Å². The Morgan fingerprint density at radius 1 is 1.30 bits per heavy atom. The third kappa shape index (κ3) is 6.09. The van der Waals surface area contributed by atoms with Crippen LogP contribution in [0.4, 0.5) is 24.5 Å². The summed E-state index contributed by atoms with van der Waals surface area (Å²) < 4.78 is 45.8. The molecule has 0 radical (unpaired) electrons. The lowest BCUT2D eigenvalue weighted by molar-refractivity contribution is -0.384. The van der Waals surface area contributed by atoms with Crippen molar-refractivity contribution >= 4 is 23.3 Å². The maximum absolute atomic E-state index is 12.0. The van der Waals surface area contributed by atoms with Crippen LogP contribution in [0.2, 0.25) is 0 Å². The highest BCUT2D eigenvalue weighted by molar-refractivity contribution is 5.93. The number of nitro benzene ring substituents is 1. The molecule has 27 heavy (non-hydrogen) atoms. The number of alkyl halides is 3. The minimum atomic E-state index is -4.59. The number of carbonyl (C=O) groups excluding carboxylic acids is 2. The molecule has 1 amide bonds. The third-order valence-corrected chi connectivity index (χ3v) is 3.58. The van der Waals surface area contributed by atoms with Crippen molar-refractivity contribution in [3.05, 3.63) is 33.9 Å². The molecular weight excluding hydrogens is 375 g/mol. The summed E-state index contributed by atoms with van der Waals surface area (Å²) in [5.41, 5.74) is -0.210. The summed E-state index contributed by atoms with van der Waals surface area (Å²) in [6, 6.07) is 3.66. The molecule has 1 aliphatic rings. The molecule has 0 unspecified atom stereocenters. The summed E-state index contributed by atoms with van der Waals surface area (Å²) in [6.45, 7) is -0.771. The summed E-state index contributed by atoms with van der Waals surface area (Å²) in [5.74, 6) is -2.20. The zero-order valence-corrected chi connectivity index (χ0v) is 14.0. The summed E-state index contributed by atoms with van der Waals surface area (Å²) >= 11 is 0. The lowest BCUT2D eigenvalue weighted by atomic mass is 10.1. The first kappa shape index (κ1) is 20.4. The van der Waals surface area contributed by atoms with Crippen LogP contribution in [0.3, 0.4) is 0 Å². The van der Waals surface area contributed by atoms with Gasteiger partial charge in [-0.25, -0.2) is 4.79 Å². The number of carbonyl (C=O) groups is 2. The van der Waals surface area contributed by atoms with Gasteiger partial charge in [0.25, 0.3) is 11.6 Å². The number of hydrogen-bond donors (Lipinski definition) is 1. The number of nitrogens with zero attached hydrogens (tertiary/aromatic N) is 2. The van der Waals surface area contributed by atoms with Crippen molar-refractivity contribution in [2.45, 2.75) is 6.18 Å². The van der Waals surface area contributed by atoms with E-state index in [-0.39, 0.29) is 11.3 Å². The topological polar surface area (TPSA) is 111 Å². The molecule has 2 rings (SSSR count). The second-order valence-corrected chi connectivity index (χ2v) is 5.53. The molecular formula is C15H16F3N3O6. The second-order valence-electron chi connectivity index (χ2n) is 5.53. The van der Waals surface area contributed by atoms with Crippen LogP contribution in [-0.4, -0.2) is 62.4 Å². The van der Waals surface area contributed by atoms with Gasteiger partial charge in [0.15, 0.2) is 6.61 Å². The molecule has 1 aromatic carbocycles. The zero-order chi connectivity index (χ0) is 20.0. The molecule has 1 heterocycles. The molecule has 12 heteroatoms. The maximum atomic E-state index is 12.0. The van der Waals surface area contributed by atoms with Crippen LogP contribution in [0.25, 0.3) is 0 Å². The van der Waals surface area contributed by atoms with Gasteiger partial charge in [-0.3, -0.25) is 14.9 Å². The van der Waals surface area contributed by atoms with E-state index in [4.69, 9.17) is 4.74 Å². The van der Waals surface area contributed by atoms with Crippen LogP contribution >= 0.6 is 0 Å². The SMILES string of the molecule is O=C(COC(=O)c1ccc(N2CCOCC2)c([N+](=O)[O-])c1)NCC(F)(F)F. The molecule has 0 atom stereocenters. The van der Waals surface area contributed by atoms with E-state index in [0.717, 1.165) is 6.07 Å². The smallest absolute Gasteiger partial charge is 0.405 e. The highest BCUT2D eigenvalue weighted by Crippen LogP contribution is 2.30. The quantitative estimate of drug-likeness (QED) is 0.442. The summed E-state index contributed by atoms with van der Waals surface area (Å²) in [7, 11) is 0. The predicted molar refractivity (Wildman–Crippen MR) is 85.5 cm³/mol. The number of ether oxygens (including phenoxy) is 2. The van der Waals surface area contributed by atoms with Crippen LogP contribution in [0.5, 0.6) is 0 Å². The lowest BCUT2D eigenvalue weighted by Gasteiger charge is -2.28. The molecule has 0 spiro atoms. The van der Waals surface area contributed by atoms with Gasteiger partial charge in [0.05, 0.1) is 23.7 Å². The second kappa shape index (κ2) is 8.66. The van der Waals surface area contributed by atoms with Gasteiger partial charge in [0, 0.05) is 19.2 Å². The molecule has 0 saturated carbocycles. The monoisotopic (exact) mass is 391 g/mol. The number of nitrogens with one attached hydrogen (secondary N) is 1. The number of anilines is 1. The van der Waals surface area contributed by atoms with Crippen LogP contribution in [0, 0.1) is 10.1 Å². The van der Waals surface area contributed by atoms with Gasteiger partial charge in [0.1, 0.15) is 12.2 Å². The van der Waals surface area contributed by atoms with Gasteiger partial charge < -0.3 is 19.7 Å². The summed E-state index contributed by atoms with van der Waals surface area (Å²) in [6.07, 6.45) is -4.59. The predicted octanol–water partition coefficient (Wildman–Crippen LogP) is 1.27. The van der Waals surface area contributed by atoms with Crippen molar-refractivity contribution in [2.75, 3.05) is 44.4 Å². The Morgan fingerprint density at radius 2 is 1.96 bits per heavy atom. The van der Waals surface area contributed by atoms with Crippen molar-refractivity contribution in [3.63, 3.8) is 0 Å². The zero-order valence-electron chi connectivity index (χ0n) is 14.0. The number of morpholine rings is 1. The van der Waals surface area contributed by atoms with E-state index in [1.165, 1.54) is 12.1 Å². The van der Waals surface area contributed by atoms with Crippen molar-refractivity contribution < 1.29 is 37.2 Å². The summed E-state index contributed by atoms with van der Waals surface area (Å²) in [4.78, 5) is 35.6. The number of esters is 1. The van der Waals surface area contributed by atoms with Crippen molar-refractivity contribution in [1.82, 2.24) is 5.32 Å². The number of benzene rings is 1. The number of hydrogen-bond acceptors (Lipinski definition) is 7. The molecule has 1 fully saturated rings. The van der Waals surface area contributed by atoms with Gasteiger partial charge >= 0.3 is 12.1 Å². The Balaban J connectivity index is 2.02. The number of amides is 1. The molecule has 1 aromatic rings. The standard InChI is InChI=1S/C15H16F3N3O6/c16-15(17,18)9-19-13(22)8-27-14(23)10-1-2-11(12(7-10)21(24)25)20-3-5-26-6-4-20/h1-2,7H,3-6,8-9H2,(H,19,22). The molecule has 1 N–H and O–H groups in total. The van der Waals surface area contributed by atoms with E-state index in [0.29, 0.717) is 32.0 Å². The van der Waals surface area contributed by atoms with Crippen molar-refractivity contribution in [1.29, 1.82) is 0 Å². The Labute approximate surface area is 151 Å². The normalized spacial score (nSPS) is 14.6. The average molecular weight is 391 g/mol. The van der Waals surface area contributed by atoms with Crippen LogP contribution in [-0.2, 0) is 14.3 Å². The van der Waals surface area contributed by atoms with E-state index < -0.39 is 36.1 Å². The van der Waals surface area contributed by atoms with Crippen LogP contribution < -0.4 is 10.2 Å². The van der Waals surface area contributed by atoms with E-state index >= 15 is 0 Å². The maximum Gasteiger partial charge on any atom is 0.405 e. The average Bonchev–Trinajstić information content (AvgIpc) is 2.64. The molecule has 0 aliphatic carbocycles. The van der Waals surface area contributed by atoms with Gasteiger partial charge in [0.2, 0.25) is 0 Å². The number of halogens is 3. The molecule has 1 aliphatic heterocycles. The Hall–Kier alpha value is -2.89. The van der Waals surface area contributed by atoms with Gasteiger partial charge in [-0.15, -0.1) is 0 Å². The third-order valence-electron chi connectivity index (χ3n) is 3.58. The van der Waals surface area contributed by atoms with Crippen molar-refractivity contribution in [2.24, 2.45) is 0 Å². The number of nitro groups is 1. The minimum absolute atomic E-state index is 0.192. The highest BCUT2D eigenvalue weighted by atomic mass is 19.4. The first-order chi connectivity index (χ1) is 12.7.